The molecule has 0 atom stereocenters. The number of benzene rings is 2. The number of para-hydroxylation sites is 1. The van der Waals surface area contributed by atoms with Gasteiger partial charge in [0.25, 0.3) is 0 Å². The number of hydrogen-bond acceptors (Lipinski definition) is 6. The summed E-state index contributed by atoms with van der Waals surface area (Å²) in [6, 6.07) is 15.6. The van der Waals surface area contributed by atoms with Crippen molar-refractivity contribution in [2.75, 3.05) is 28.2 Å². The van der Waals surface area contributed by atoms with Crippen LogP contribution in [0.1, 0.15) is 30.9 Å². The smallest absolute Gasteiger partial charge is 0.230 e. The minimum atomic E-state index is -0.0830. The van der Waals surface area contributed by atoms with E-state index in [4.69, 9.17) is 11.6 Å². The fourth-order valence-electron chi connectivity index (χ4n) is 5.06. The molecule has 4 heterocycles. The number of aryl methyl sites for hydroxylation is 1. The van der Waals surface area contributed by atoms with Crippen LogP contribution in [0, 0.1) is 5.92 Å². The van der Waals surface area contributed by atoms with E-state index in [0.717, 1.165) is 72.3 Å². The minimum Gasteiger partial charge on any atom is -0.341 e. The average Bonchev–Trinajstić information content (AvgIpc) is 3.26. The van der Waals surface area contributed by atoms with Crippen LogP contribution in [0.15, 0.2) is 67.1 Å². The number of carbonyl (C=O) groups excluding carboxylic acids is 1. The van der Waals surface area contributed by atoms with Crippen molar-refractivity contribution in [2.45, 2.75) is 32.7 Å². The van der Waals surface area contributed by atoms with Gasteiger partial charge in [-0.2, -0.15) is 5.10 Å². The van der Waals surface area contributed by atoms with Crippen molar-refractivity contribution in [2.24, 2.45) is 5.92 Å². The summed E-state index contributed by atoms with van der Waals surface area (Å²) in [7, 11) is 0. The molecule has 0 spiro atoms. The molecule has 0 radical (unpaired) electrons. The molecule has 37 heavy (non-hydrogen) atoms. The van der Waals surface area contributed by atoms with Crippen LogP contribution in [0.25, 0.3) is 5.69 Å². The summed E-state index contributed by atoms with van der Waals surface area (Å²) in [5.41, 5.74) is 4.63. The molecule has 0 saturated carbocycles. The number of nitrogens with one attached hydrogen (secondary N) is 1. The monoisotopic (exact) mass is 513 g/mol. The Balaban J connectivity index is 1.26. The first-order chi connectivity index (χ1) is 18.1. The lowest BCUT2D eigenvalue weighted by Crippen LogP contribution is -2.43. The molecule has 1 saturated heterocycles. The van der Waals surface area contributed by atoms with E-state index in [2.05, 4.69) is 32.2 Å². The second-order valence-corrected chi connectivity index (χ2v) is 9.92. The summed E-state index contributed by atoms with van der Waals surface area (Å²) >= 11 is 6.37. The molecule has 1 N–H and O–H groups in total. The molecule has 0 bridgehead atoms. The molecular formula is C28H28ClN7O. The van der Waals surface area contributed by atoms with E-state index < -0.39 is 0 Å². The molecule has 2 aromatic carbocycles. The number of halogens is 1. The SMILES string of the molecule is CCc1cnc(N2CCC(C(=O)N3Cc4cnn(-c5ccccc5)c4Nc4cc(Cl)ccc43)CC2)nc1. The molecule has 9 heteroatoms. The number of hydrogen-bond donors (Lipinski definition) is 1. The van der Waals surface area contributed by atoms with E-state index in [0.29, 0.717) is 11.6 Å². The molecule has 8 nitrogen and oxygen atoms in total. The van der Waals surface area contributed by atoms with Gasteiger partial charge in [0, 0.05) is 42.0 Å². The van der Waals surface area contributed by atoms with E-state index in [1.807, 2.05) is 76.7 Å². The Kier molecular flexibility index (Phi) is 6.26. The van der Waals surface area contributed by atoms with Gasteiger partial charge in [-0.15, -0.1) is 0 Å². The molecule has 2 aliphatic heterocycles. The van der Waals surface area contributed by atoms with Gasteiger partial charge in [0.05, 0.1) is 29.8 Å². The second kappa shape index (κ2) is 9.86. The fraction of sp³-hybridized carbons (Fsp3) is 0.286. The van der Waals surface area contributed by atoms with E-state index in [1.165, 1.54) is 0 Å². The largest absolute Gasteiger partial charge is 0.341 e. The highest BCUT2D eigenvalue weighted by Gasteiger charge is 2.33. The van der Waals surface area contributed by atoms with Crippen LogP contribution >= 0.6 is 11.6 Å². The molecule has 2 aliphatic rings. The van der Waals surface area contributed by atoms with Crippen molar-refractivity contribution in [3.8, 4) is 5.69 Å². The first-order valence-corrected chi connectivity index (χ1v) is 13.0. The molecule has 1 fully saturated rings. The first kappa shape index (κ1) is 23.5. The summed E-state index contributed by atoms with van der Waals surface area (Å²) in [6.07, 6.45) is 8.03. The van der Waals surface area contributed by atoms with Gasteiger partial charge in [-0.3, -0.25) is 4.79 Å². The standard InChI is InChI=1S/C28H28ClN7O/c1-2-19-15-30-28(31-16-19)34-12-10-20(11-13-34)27(37)35-18-21-17-32-36(23-6-4-3-5-7-23)26(21)33-24-14-22(29)8-9-25(24)35/h3-9,14-17,20,33H,2,10-13,18H2,1H3. The van der Waals surface area contributed by atoms with Gasteiger partial charge in [0.1, 0.15) is 5.82 Å². The highest BCUT2D eigenvalue weighted by molar-refractivity contribution is 6.31. The zero-order chi connectivity index (χ0) is 25.4. The maximum absolute atomic E-state index is 14.0. The van der Waals surface area contributed by atoms with Crippen molar-refractivity contribution in [1.29, 1.82) is 0 Å². The summed E-state index contributed by atoms with van der Waals surface area (Å²) in [5, 5.41) is 8.75. The third-order valence-corrected chi connectivity index (χ3v) is 7.40. The number of piperidine rings is 1. The van der Waals surface area contributed by atoms with Gasteiger partial charge in [-0.1, -0.05) is 36.7 Å². The van der Waals surface area contributed by atoms with Crippen LogP contribution in [0.4, 0.5) is 23.1 Å². The van der Waals surface area contributed by atoms with Crippen molar-refractivity contribution < 1.29 is 4.79 Å². The van der Waals surface area contributed by atoms with Crippen LogP contribution in [-0.4, -0.2) is 38.7 Å². The van der Waals surface area contributed by atoms with Gasteiger partial charge in [-0.25, -0.2) is 14.6 Å². The van der Waals surface area contributed by atoms with E-state index in [9.17, 15) is 4.79 Å². The van der Waals surface area contributed by atoms with Gasteiger partial charge >= 0.3 is 0 Å². The molecule has 1 amide bonds. The lowest BCUT2D eigenvalue weighted by molar-refractivity contribution is -0.123. The van der Waals surface area contributed by atoms with Gasteiger partial charge in [0.15, 0.2) is 0 Å². The molecule has 188 valence electrons. The summed E-state index contributed by atoms with van der Waals surface area (Å²) < 4.78 is 1.87. The normalized spacial score (nSPS) is 15.5. The van der Waals surface area contributed by atoms with E-state index >= 15 is 0 Å². The first-order valence-electron chi connectivity index (χ1n) is 12.7. The van der Waals surface area contributed by atoms with Crippen LogP contribution < -0.4 is 15.1 Å². The van der Waals surface area contributed by atoms with Crippen molar-refractivity contribution >= 4 is 40.6 Å². The predicted molar refractivity (Wildman–Crippen MR) is 146 cm³/mol. The zero-order valence-electron chi connectivity index (χ0n) is 20.6. The molecule has 0 unspecified atom stereocenters. The number of carbonyl (C=O) groups is 1. The van der Waals surface area contributed by atoms with Crippen molar-refractivity contribution in [3.63, 3.8) is 0 Å². The van der Waals surface area contributed by atoms with Crippen molar-refractivity contribution in [3.05, 3.63) is 83.3 Å². The third kappa shape index (κ3) is 4.53. The highest BCUT2D eigenvalue weighted by Crippen LogP contribution is 2.39. The molecule has 6 rings (SSSR count). The molecule has 2 aromatic heterocycles. The van der Waals surface area contributed by atoms with Gasteiger partial charge in [-0.05, 0) is 55.2 Å². The Bertz CT molecular complexity index is 1410. The summed E-state index contributed by atoms with van der Waals surface area (Å²) in [4.78, 5) is 27.1. The van der Waals surface area contributed by atoms with Crippen LogP contribution in [0.2, 0.25) is 5.02 Å². The lowest BCUT2D eigenvalue weighted by Gasteiger charge is -2.34. The maximum atomic E-state index is 14.0. The number of aromatic nitrogens is 4. The quantitative estimate of drug-likeness (QED) is 0.394. The van der Waals surface area contributed by atoms with Crippen LogP contribution in [0.5, 0.6) is 0 Å². The number of rotatable bonds is 4. The molecule has 4 aromatic rings. The Morgan fingerprint density at radius 3 is 2.54 bits per heavy atom. The third-order valence-electron chi connectivity index (χ3n) is 7.17. The second-order valence-electron chi connectivity index (χ2n) is 9.48. The van der Waals surface area contributed by atoms with E-state index in [1.54, 1.807) is 0 Å². The summed E-state index contributed by atoms with van der Waals surface area (Å²) in [6.45, 7) is 4.03. The fourth-order valence-corrected chi connectivity index (χ4v) is 5.23. The summed E-state index contributed by atoms with van der Waals surface area (Å²) in [5.74, 6) is 1.61. The number of amides is 1. The van der Waals surface area contributed by atoms with Crippen molar-refractivity contribution in [1.82, 2.24) is 19.7 Å². The minimum absolute atomic E-state index is 0.0830. The Labute approximate surface area is 220 Å². The number of fused-ring (bicyclic) bond motifs is 2. The Morgan fingerprint density at radius 2 is 1.81 bits per heavy atom. The number of nitrogens with zero attached hydrogens (tertiary/aromatic N) is 6. The lowest BCUT2D eigenvalue weighted by atomic mass is 9.95. The molecule has 0 aliphatic carbocycles. The zero-order valence-corrected chi connectivity index (χ0v) is 21.4. The Morgan fingerprint density at radius 1 is 1.05 bits per heavy atom. The number of anilines is 4. The van der Waals surface area contributed by atoms with Crippen LogP contribution in [-0.2, 0) is 17.8 Å². The Hall–Kier alpha value is -3.91. The van der Waals surface area contributed by atoms with Crippen LogP contribution in [0.3, 0.4) is 0 Å². The topological polar surface area (TPSA) is 79.2 Å². The highest BCUT2D eigenvalue weighted by atomic mass is 35.5. The van der Waals surface area contributed by atoms with Gasteiger partial charge < -0.3 is 15.1 Å². The maximum Gasteiger partial charge on any atom is 0.230 e. The van der Waals surface area contributed by atoms with Gasteiger partial charge in [0.2, 0.25) is 11.9 Å². The predicted octanol–water partition coefficient (Wildman–Crippen LogP) is 5.38. The van der Waals surface area contributed by atoms with E-state index in [-0.39, 0.29) is 11.8 Å². The molecular weight excluding hydrogens is 486 g/mol. The average molecular weight is 514 g/mol.